The van der Waals surface area contributed by atoms with Gasteiger partial charge in [-0.3, -0.25) is 14.4 Å². The predicted molar refractivity (Wildman–Crippen MR) is 116 cm³/mol. The molecule has 0 radical (unpaired) electrons. The minimum Gasteiger partial charge on any atom is -0.304 e. The summed E-state index contributed by atoms with van der Waals surface area (Å²) < 4.78 is 0. The van der Waals surface area contributed by atoms with E-state index in [4.69, 9.17) is 0 Å². The summed E-state index contributed by atoms with van der Waals surface area (Å²) in [6.45, 7) is 5.16. The van der Waals surface area contributed by atoms with Crippen LogP contribution < -0.4 is 10.2 Å². The minimum atomic E-state index is -1.36. The zero-order valence-electron chi connectivity index (χ0n) is 17.0. The van der Waals surface area contributed by atoms with E-state index in [-0.39, 0.29) is 22.9 Å². The third-order valence-electron chi connectivity index (χ3n) is 5.16. The molecule has 0 bridgehead atoms. The zero-order chi connectivity index (χ0) is 21.5. The number of nitrogens with zero attached hydrogens (tertiary/aromatic N) is 3. The largest absolute Gasteiger partial charge is 0.304 e. The van der Waals surface area contributed by atoms with Crippen LogP contribution in [0.15, 0.2) is 53.6 Å². The lowest BCUT2D eigenvalue weighted by atomic mass is 10.0. The summed E-state index contributed by atoms with van der Waals surface area (Å²) in [5, 5.41) is 8.36. The van der Waals surface area contributed by atoms with Crippen LogP contribution in [-0.4, -0.2) is 27.9 Å². The van der Waals surface area contributed by atoms with Crippen molar-refractivity contribution in [3.63, 3.8) is 0 Å². The summed E-state index contributed by atoms with van der Waals surface area (Å²) >= 11 is 1.10. The summed E-state index contributed by atoms with van der Waals surface area (Å²) in [4.78, 5) is 38.3. The Hall–Kier alpha value is -3.13. The number of carbonyl (C=O) groups is 3. The molecule has 0 fully saturated rings. The van der Waals surface area contributed by atoms with Crippen LogP contribution in [0.25, 0.3) is 0 Å². The highest BCUT2D eigenvalue weighted by molar-refractivity contribution is 8.15. The first-order valence-corrected chi connectivity index (χ1v) is 10.5. The highest BCUT2D eigenvalue weighted by Crippen LogP contribution is 2.55. The highest BCUT2D eigenvalue weighted by Gasteiger charge is 2.61. The molecule has 1 spiro atoms. The van der Waals surface area contributed by atoms with Crippen molar-refractivity contribution < 1.29 is 14.4 Å². The van der Waals surface area contributed by atoms with Crippen molar-refractivity contribution in [1.29, 1.82) is 0 Å². The van der Waals surface area contributed by atoms with Crippen molar-refractivity contribution in [2.45, 2.75) is 38.6 Å². The SMILES string of the molecule is CCc1ccc2c(c1)[C@@]1(SC(NC(C)=O)=NN1C(C)=O)C(=O)N2Cc1ccccc1. The van der Waals surface area contributed by atoms with Gasteiger partial charge in [0.15, 0.2) is 5.17 Å². The number of amidine groups is 1. The summed E-state index contributed by atoms with van der Waals surface area (Å²) in [5.74, 6) is -0.930. The number of amides is 3. The molecular formula is C22H22N4O3S. The number of nitrogens with one attached hydrogen (secondary N) is 1. The van der Waals surface area contributed by atoms with E-state index < -0.39 is 4.87 Å². The number of thioether (sulfide) groups is 1. The highest BCUT2D eigenvalue weighted by atomic mass is 32.2. The molecule has 154 valence electrons. The van der Waals surface area contributed by atoms with E-state index >= 15 is 0 Å². The van der Waals surface area contributed by atoms with Gasteiger partial charge in [0.25, 0.3) is 5.91 Å². The van der Waals surface area contributed by atoms with E-state index in [0.717, 1.165) is 35.0 Å². The van der Waals surface area contributed by atoms with Crippen molar-refractivity contribution in [2.24, 2.45) is 5.10 Å². The Bertz CT molecular complexity index is 1070. The van der Waals surface area contributed by atoms with Crippen LogP contribution in [0.1, 0.15) is 37.5 Å². The van der Waals surface area contributed by atoms with Gasteiger partial charge in [-0.05, 0) is 41.4 Å². The number of carbonyl (C=O) groups excluding carboxylic acids is 3. The molecule has 2 aliphatic rings. The van der Waals surface area contributed by atoms with E-state index in [2.05, 4.69) is 10.4 Å². The third kappa shape index (κ3) is 3.17. The fourth-order valence-electron chi connectivity index (χ4n) is 3.80. The maximum atomic E-state index is 13.9. The van der Waals surface area contributed by atoms with Gasteiger partial charge >= 0.3 is 0 Å². The molecule has 1 N–H and O–H groups in total. The minimum absolute atomic E-state index is 0.237. The molecule has 3 amide bonds. The Balaban J connectivity index is 1.85. The second-order valence-corrected chi connectivity index (χ2v) is 8.43. The van der Waals surface area contributed by atoms with E-state index in [9.17, 15) is 14.4 Å². The lowest BCUT2D eigenvalue weighted by molar-refractivity contribution is -0.139. The van der Waals surface area contributed by atoms with E-state index in [0.29, 0.717) is 12.1 Å². The molecule has 7 nitrogen and oxygen atoms in total. The number of hydrogen-bond donors (Lipinski definition) is 1. The maximum Gasteiger partial charge on any atom is 0.271 e. The summed E-state index contributed by atoms with van der Waals surface area (Å²) in [5.41, 5.74) is 3.50. The van der Waals surface area contributed by atoms with E-state index in [1.165, 1.54) is 18.9 Å². The Labute approximate surface area is 179 Å². The zero-order valence-corrected chi connectivity index (χ0v) is 17.8. The quantitative estimate of drug-likeness (QED) is 0.825. The van der Waals surface area contributed by atoms with Crippen LogP contribution >= 0.6 is 11.8 Å². The van der Waals surface area contributed by atoms with Gasteiger partial charge in [0.2, 0.25) is 16.7 Å². The molecule has 0 aliphatic carbocycles. The normalized spacial score (nSPS) is 19.8. The second kappa shape index (κ2) is 7.60. The van der Waals surface area contributed by atoms with Crippen LogP contribution in [0.2, 0.25) is 0 Å². The topological polar surface area (TPSA) is 82.1 Å². The molecule has 0 saturated carbocycles. The number of rotatable bonds is 3. The van der Waals surface area contributed by atoms with E-state index in [1.807, 2.05) is 55.5 Å². The van der Waals surface area contributed by atoms with Gasteiger partial charge in [0.05, 0.1) is 12.2 Å². The molecule has 8 heteroatoms. The lowest BCUT2D eigenvalue weighted by Crippen LogP contribution is -2.48. The number of hydrogen-bond acceptors (Lipinski definition) is 5. The Morgan fingerprint density at radius 1 is 1.10 bits per heavy atom. The smallest absolute Gasteiger partial charge is 0.271 e. The predicted octanol–water partition coefficient (Wildman–Crippen LogP) is 2.95. The molecular weight excluding hydrogens is 400 g/mol. The van der Waals surface area contributed by atoms with Crippen LogP contribution in [0, 0.1) is 0 Å². The first kappa shape index (κ1) is 20.2. The number of anilines is 1. The molecule has 0 unspecified atom stereocenters. The third-order valence-corrected chi connectivity index (χ3v) is 6.40. The summed E-state index contributed by atoms with van der Waals surface area (Å²) in [6.07, 6.45) is 0.792. The van der Waals surface area contributed by atoms with Gasteiger partial charge in [-0.25, -0.2) is 0 Å². The van der Waals surface area contributed by atoms with Crippen LogP contribution in [0.5, 0.6) is 0 Å². The van der Waals surface area contributed by atoms with Gasteiger partial charge in [-0.15, -0.1) is 5.10 Å². The molecule has 0 aromatic heterocycles. The number of aryl methyl sites for hydroxylation is 1. The first-order chi connectivity index (χ1) is 14.4. The van der Waals surface area contributed by atoms with Gasteiger partial charge in [-0.1, -0.05) is 43.3 Å². The first-order valence-electron chi connectivity index (χ1n) is 9.72. The van der Waals surface area contributed by atoms with Gasteiger partial charge in [0.1, 0.15) is 0 Å². The van der Waals surface area contributed by atoms with Crippen molar-refractivity contribution in [1.82, 2.24) is 10.3 Å². The van der Waals surface area contributed by atoms with Gasteiger partial charge in [0, 0.05) is 19.4 Å². The Morgan fingerprint density at radius 2 is 1.83 bits per heavy atom. The summed E-state index contributed by atoms with van der Waals surface area (Å²) in [7, 11) is 0. The second-order valence-electron chi connectivity index (χ2n) is 7.25. The monoisotopic (exact) mass is 422 g/mol. The molecule has 30 heavy (non-hydrogen) atoms. The van der Waals surface area contributed by atoms with E-state index in [1.54, 1.807) is 4.90 Å². The standard InChI is InChI=1S/C22H22N4O3S/c1-4-16-10-11-19-18(12-16)22(20(29)25(19)13-17-8-6-5-7-9-17)26(15(3)28)24-21(30-22)23-14(2)27/h5-12H,4,13H2,1-3H3,(H,23,24,27)/t22-/m1/s1. The van der Waals surface area contributed by atoms with Crippen molar-refractivity contribution >= 4 is 40.3 Å². The van der Waals surface area contributed by atoms with Crippen molar-refractivity contribution in [3.8, 4) is 0 Å². The average Bonchev–Trinajstić information content (AvgIpc) is 3.20. The fraction of sp³-hybridized carbons (Fsp3) is 0.273. The molecule has 2 aromatic rings. The molecule has 2 aromatic carbocycles. The maximum absolute atomic E-state index is 13.9. The van der Waals surface area contributed by atoms with Crippen LogP contribution in [0.4, 0.5) is 5.69 Å². The molecule has 1 atom stereocenters. The number of hydrazone groups is 1. The van der Waals surface area contributed by atoms with Gasteiger partial charge in [-0.2, -0.15) is 5.01 Å². The lowest BCUT2D eigenvalue weighted by Gasteiger charge is -2.29. The molecule has 4 rings (SSSR count). The Morgan fingerprint density at radius 3 is 2.47 bits per heavy atom. The van der Waals surface area contributed by atoms with Crippen molar-refractivity contribution in [2.75, 3.05) is 4.90 Å². The molecule has 2 heterocycles. The number of fused-ring (bicyclic) bond motifs is 2. The number of benzene rings is 2. The molecule has 2 aliphatic heterocycles. The summed E-state index contributed by atoms with van der Waals surface area (Å²) in [6, 6.07) is 15.6. The fourth-order valence-corrected chi connectivity index (χ4v) is 5.13. The van der Waals surface area contributed by atoms with Crippen LogP contribution in [0.3, 0.4) is 0 Å². The molecule has 0 saturated heterocycles. The van der Waals surface area contributed by atoms with Crippen LogP contribution in [-0.2, 0) is 32.2 Å². The van der Waals surface area contributed by atoms with Gasteiger partial charge < -0.3 is 10.2 Å². The average molecular weight is 423 g/mol. The Kier molecular flexibility index (Phi) is 5.11. The van der Waals surface area contributed by atoms with Crippen molar-refractivity contribution in [3.05, 3.63) is 65.2 Å².